The lowest BCUT2D eigenvalue weighted by Crippen LogP contribution is -2.35. The third-order valence-corrected chi connectivity index (χ3v) is 6.44. The minimum atomic E-state index is -0.202. The second-order valence-electron chi connectivity index (χ2n) is 8.42. The molecular weight excluding hydrogens is 382 g/mol. The van der Waals surface area contributed by atoms with Gasteiger partial charge in [0.1, 0.15) is 11.6 Å². The Balaban J connectivity index is 1.74. The van der Waals surface area contributed by atoms with Crippen molar-refractivity contribution in [2.24, 2.45) is 0 Å². The summed E-state index contributed by atoms with van der Waals surface area (Å²) in [5.41, 5.74) is 3.27. The van der Waals surface area contributed by atoms with Gasteiger partial charge in [-0.05, 0) is 32.6 Å². The number of methoxy groups -OCH3 is 1. The maximum absolute atomic E-state index is 12.1. The van der Waals surface area contributed by atoms with Crippen molar-refractivity contribution in [1.82, 2.24) is 19.7 Å². The van der Waals surface area contributed by atoms with E-state index in [-0.39, 0.29) is 18.1 Å². The molecule has 0 aromatic carbocycles. The van der Waals surface area contributed by atoms with E-state index in [1.807, 2.05) is 29.8 Å². The van der Waals surface area contributed by atoms with Crippen molar-refractivity contribution in [2.45, 2.75) is 64.6 Å². The summed E-state index contributed by atoms with van der Waals surface area (Å²) in [7, 11) is 3.62. The standard InChI is InChI=1S/C22H31N5O3/c1-14-12-23-21(11-20(14)30-4)25(3)22-18-13-26(15(2)28)10-9-19(18)27(24-22)16-5-7-17(29)8-6-16/h11-12,16-17,29H,5-10,13H2,1-4H3. The highest BCUT2D eigenvalue weighted by Crippen LogP contribution is 2.37. The summed E-state index contributed by atoms with van der Waals surface area (Å²) in [6, 6.07) is 2.21. The molecule has 0 radical (unpaired) electrons. The number of ether oxygens (including phenoxy) is 1. The van der Waals surface area contributed by atoms with Crippen LogP contribution in [0.1, 0.15) is 55.5 Å². The van der Waals surface area contributed by atoms with Gasteiger partial charge in [-0.1, -0.05) is 0 Å². The topological polar surface area (TPSA) is 83.7 Å². The lowest BCUT2D eigenvalue weighted by atomic mass is 9.92. The lowest BCUT2D eigenvalue weighted by molar-refractivity contribution is -0.129. The first-order valence-corrected chi connectivity index (χ1v) is 10.7. The van der Waals surface area contributed by atoms with Gasteiger partial charge in [-0.2, -0.15) is 5.10 Å². The molecule has 8 heteroatoms. The molecule has 3 heterocycles. The van der Waals surface area contributed by atoms with Crippen molar-refractivity contribution >= 4 is 17.5 Å². The van der Waals surface area contributed by atoms with E-state index >= 15 is 0 Å². The van der Waals surface area contributed by atoms with Gasteiger partial charge in [-0.15, -0.1) is 0 Å². The summed E-state index contributed by atoms with van der Waals surface area (Å²) >= 11 is 0. The van der Waals surface area contributed by atoms with E-state index in [9.17, 15) is 9.90 Å². The molecule has 1 aliphatic carbocycles. The third kappa shape index (κ3) is 3.76. The smallest absolute Gasteiger partial charge is 0.219 e. The molecule has 1 N–H and O–H groups in total. The Morgan fingerprint density at radius 2 is 2.03 bits per heavy atom. The van der Waals surface area contributed by atoms with Crippen LogP contribution in [0.15, 0.2) is 12.3 Å². The summed E-state index contributed by atoms with van der Waals surface area (Å²) in [6.07, 6.45) is 5.85. The van der Waals surface area contributed by atoms with Gasteiger partial charge in [0.15, 0.2) is 5.82 Å². The molecule has 0 atom stereocenters. The molecule has 30 heavy (non-hydrogen) atoms. The number of aromatic nitrogens is 3. The van der Waals surface area contributed by atoms with E-state index in [2.05, 4.69) is 9.67 Å². The van der Waals surface area contributed by atoms with Crippen LogP contribution in [0.4, 0.5) is 11.6 Å². The van der Waals surface area contributed by atoms with Crippen molar-refractivity contribution in [3.63, 3.8) is 0 Å². The van der Waals surface area contributed by atoms with Gasteiger partial charge < -0.3 is 19.6 Å². The zero-order valence-corrected chi connectivity index (χ0v) is 18.3. The molecule has 0 saturated heterocycles. The summed E-state index contributed by atoms with van der Waals surface area (Å²) in [5.74, 6) is 2.45. The number of fused-ring (bicyclic) bond motifs is 1. The average Bonchev–Trinajstić information content (AvgIpc) is 3.13. The first kappa shape index (κ1) is 20.7. The van der Waals surface area contributed by atoms with Crippen LogP contribution in [-0.2, 0) is 17.8 Å². The molecule has 1 saturated carbocycles. The summed E-state index contributed by atoms with van der Waals surface area (Å²) < 4.78 is 7.64. The molecule has 4 rings (SSSR count). The number of aliphatic hydroxyl groups is 1. The monoisotopic (exact) mass is 413 g/mol. The molecule has 1 amide bonds. The quantitative estimate of drug-likeness (QED) is 0.830. The number of amides is 1. The van der Waals surface area contributed by atoms with Crippen LogP contribution in [-0.4, -0.2) is 57.5 Å². The molecular formula is C22H31N5O3. The Morgan fingerprint density at radius 3 is 2.70 bits per heavy atom. The Hall–Kier alpha value is -2.61. The third-order valence-electron chi connectivity index (χ3n) is 6.44. The second-order valence-corrected chi connectivity index (χ2v) is 8.42. The van der Waals surface area contributed by atoms with Crippen LogP contribution in [0.2, 0.25) is 0 Å². The fraction of sp³-hybridized carbons (Fsp3) is 0.591. The molecule has 162 valence electrons. The zero-order valence-electron chi connectivity index (χ0n) is 18.3. The fourth-order valence-corrected chi connectivity index (χ4v) is 4.58. The number of aliphatic hydroxyl groups excluding tert-OH is 1. The van der Waals surface area contributed by atoms with Crippen LogP contribution >= 0.6 is 0 Å². The summed E-state index contributed by atoms with van der Waals surface area (Å²) in [6.45, 7) is 4.86. The number of rotatable bonds is 4. The van der Waals surface area contributed by atoms with Gasteiger partial charge in [0.25, 0.3) is 0 Å². The molecule has 0 spiro atoms. The van der Waals surface area contributed by atoms with Crippen molar-refractivity contribution in [2.75, 3.05) is 25.6 Å². The van der Waals surface area contributed by atoms with Crippen molar-refractivity contribution in [3.05, 3.63) is 29.1 Å². The average molecular weight is 414 g/mol. The maximum Gasteiger partial charge on any atom is 0.219 e. The highest BCUT2D eigenvalue weighted by atomic mass is 16.5. The van der Waals surface area contributed by atoms with Crippen molar-refractivity contribution in [1.29, 1.82) is 0 Å². The van der Waals surface area contributed by atoms with E-state index in [1.165, 1.54) is 5.69 Å². The Labute approximate surface area is 177 Å². The van der Waals surface area contributed by atoms with E-state index in [0.29, 0.717) is 13.1 Å². The van der Waals surface area contributed by atoms with Crippen LogP contribution in [0, 0.1) is 6.92 Å². The first-order valence-electron chi connectivity index (χ1n) is 10.7. The lowest BCUT2D eigenvalue weighted by Gasteiger charge is -2.30. The van der Waals surface area contributed by atoms with Gasteiger partial charge in [-0.3, -0.25) is 9.48 Å². The number of aryl methyl sites for hydroxylation is 1. The highest BCUT2D eigenvalue weighted by molar-refractivity contribution is 5.74. The molecule has 2 aliphatic rings. The largest absolute Gasteiger partial charge is 0.496 e. The van der Waals surface area contributed by atoms with Crippen molar-refractivity contribution < 1.29 is 14.6 Å². The van der Waals surface area contributed by atoms with E-state index in [4.69, 9.17) is 9.84 Å². The highest BCUT2D eigenvalue weighted by Gasteiger charge is 2.32. The molecule has 1 aliphatic heterocycles. The van der Waals surface area contributed by atoms with Crippen LogP contribution in [0.25, 0.3) is 0 Å². The minimum absolute atomic E-state index is 0.0814. The van der Waals surface area contributed by atoms with Crippen LogP contribution in [0.5, 0.6) is 5.75 Å². The van der Waals surface area contributed by atoms with Crippen LogP contribution in [0.3, 0.4) is 0 Å². The van der Waals surface area contributed by atoms with Gasteiger partial charge in [0, 0.05) is 56.0 Å². The Morgan fingerprint density at radius 1 is 1.30 bits per heavy atom. The first-order chi connectivity index (χ1) is 14.4. The minimum Gasteiger partial charge on any atom is -0.496 e. The van der Waals surface area contributed by atoms with Crippen molar-refractivity contribution in [3.8, 4) is 5.75 Å². The van der Waals surface area contributed by atoms with E-state index in [1.54, 1.807) is 20.2 Å². The number of pyridine rings is 1. The number of hydrogen-bond acceptors (Lipinski definition) is 6. The molecule has 8 nitrogen and oxygen atoms in total. The van der Waals surface area contributed by atoms with Gasteiger partial charge in [0.05, 0.1) is 25.8 Å². The molecule has 2 aromatic heterocycles. The fourth-order valence-electron chi connectivity index (χ4n) is 4.58. The number of hydrogen-bond donors (Lipinski definition) is 1. The van der Waals surface area contributed by atoms with Gasteiger partial charge in [0.2, 0.25) is 5.91 Å². The maximum atomic E-state index is 12.1. The summed E-state index contributed by atoms with van der Waals surface area (Å²) in [5, 5.41) is 15.0. The predicted molar refractivity (Wildman–Crippen MR) is 114 cm³/mol. The predicted octanol–water partition coefficient (Wildman–Crippen LogP) is 2.74. The van der Waals surface area contributed by atoms with E-state index < -0.39 is 0 Å². The van der Waals surface area contributed by atoms with Crippen LogP contribution < -0.4 is 9.64 Å². The normalized spacial score (nSPS) is 21.3. The number of carbonyl (C=O) groups excluding carboxylic acids is 1. The number of nitrogens with zero attached hydrogens (tertiary/aromatic N) is 5. The van der Waals surface area contributed by atoms with E-state index in [0.717, 1.165) is 60.6 Å². The Bertz CT molecular complexity index is 933. The zero-order chi connectivity index (χ0) is 21.4. The molecule has 0 bridgehead atoms. The summed E-state index contributed by atoms with van der Waals surface area (Å²) in [4.78, 5) is 20.5. The number of anilines is 2. The Kier molecular flexibility index (Phi) is 5.69. The molecule has 1 fully saturated rings. The SMILES string of the molecule is COc1cc(N(C)c2nn(C3CCC(O)CC3)c3c2CN(C(C)=O)CC3)ncc1C. The molecule has 2 aromatic rings. The second kappa shape index (κ2) is 8.26. The molecule has 0 unspecified atom stereocenters. The van der Waals surface area contributed by atoms with Gasteiger partial charge in [-0.25, -0.2) is 4.98 Å². The number of carbonyl (C=O) groups is 1. The van der Waals surface area contributed by atoms with Gasteiger partial charge >= 0.3 is 0 Å².